The maximum absolute atomic E-state index is 13.6. The van der Waals surface area contributed by atoms with Crippen molar-refractivity contribution in [1.29, 1.82) is 0 Å². The molecule has 0 aliphatic heterocycles. The summed E-state index contributed by atoms with van der Waals surface area (Å²) in [6, 6.07) is 24.0. The Hall–Kier alpha value is -3.31. The molecule has 3 rings (SSSR count). The minimum Gasteiger partial charge on any atom is -0.484 e. The highest BCUT2D eigenvalue weighted by Crippen LogP contribution is 2.19. The van der Waals surface area contributed by atoms with E-state index in [-0.39, 0.29) is 24.5 Å². The molecule has 0 saturated carbocycles. The molecule has 3 aromatic carbocycles. The first kappa shape index (κ1) is 26.3. The molecule has 35 heavy (non-hydrogen) atoms. The molecule has 6 heteroatoms. The topological polar surface area (TPSA) is 58.6 Å². The molecule has 2 amide bonds. The quantitative estimate of drug-likeness (QED) is 0.380. The van der Waals surface area contributed by atoms with Gasteiger partial charge in [0, 0.05) is 24.0 Å². The van der Waals surface area contributed by atoms with Gasteiger partial charge in [0.15, 0.2) is 6.61 Å². The van der Waals surface area contributed by atoms with Gasteiger partial charge in [0.05, 0.1) is 0 Å². The molecule has 0 spiro atoms. The van der Waals surface area contributed by atoms with Gasteiger partial charge in [-0.05, 0) is 49.6 Å². The summed E-state index contributed by atoms with van der Waals surface area (Å²) in [4.78, 5) is 28.6. The summed E-state index contributed by atoms with van der Waals surface area (Å²) < 4.78 is 5.76. The van der Waals surface area contributed by atoms with Crippen LogP contribution in [0.5, 0.6) is 5.75 Å². The molecule has 2 atom stereocenters. The van der Waals surface area contributed by atoms with Gasteiger partial charge in [0.2, 0.25) is 5.91 Å². The third kappa shape index (κ3) is 8.15. The Bertz CT molecular complexity index is 1100. The van der Waals surface area contributed by atoms with Gasteiger partial charge in [-0.15, -0.1) is 0 Å². The van der Waals surface area contributed by atoms with Gasteiger partial charge in [0.25, 0.3) is 5.91 Å². The van der Waals surface area contributed by atoms with E-state index in [9.17, 15) is 9.59 Å². The second kappa shape index (κ2) is 13.0. The van der Waals surface area contributed by atoms with Crippen LogP contribution in [0.1, 0.15) is 37.0 Å². The smallest absolute Gasteiger partial charge is 0.261 e. The molecule has 0 aromatic heterocycles. The van der Waals surface area contributed by atoms with E-state index in [4.69, 9.17) is 16.3 Å². The first-order valence-corrected chi connectivity index (χ1v) is 12.3. The predicted molar refractivity (Wildman–Crippen MR) is 141 cm³/mol. The number of amides is 2. The molecule has 3 aromatic rings. The van der Waals surface area contributed by atoms with Gasteiger partial charge < -0.3 is 15.0 Å². The summed E-state index contributed by atoms with van der Waals surface area (Å²) >= 11 is 6.06. The number of carbonyl (C=O) groups excluding carboxylic acids is 2. The van der Waals surface area contributed by atoms with Crippen molar-refractivity contribution < 1.29 is 14.3 Å². The Labute approximate surface area is 213 Å². The Kier molecular flexibility index (Phi) is 9.74. The molecule has 1 N–H and O–H groups in total. The molecule has 0 aliphatic rings. The van der Waals surface area contributed by atoms with E-state index in [1.165, 1.54) is 0 Å². The van der Waals surface area contributed by atoms with Gasteiger partial charge in [-0.3, -0.25) is 9.59 Å². The maximum Gasteiger partial charge on any atom is 0.261 e. The fourth-order valence-corrected chi connectivity index (χ4v) is 3.85. The fourth-order valence-electron chi connectivity index (χ4n) is 3.67. The number of carbonyl (C=O) groups is 2. The van der Waals surface area contributed by atoms with Crippen molar-refractivity contribution in [2.24, 2.45) is 0 Å². The normalized spacial score (nSPS) is 12.5. The van der Waals surface area contributed by atoms with Crippen LogP contribution < -0.4 is 10.1 Å². The minimum atomic E-state index is -0.692. The lowest BCUT2D eigenvalue weighted by atomic mass is 10.0. The highest BCUT2D eigenvalue weighted by Gasteiger charge is 2.31. The van der Waals surface area contributed by atoms with Crippen molar-refractivity contribution in [3.05, 3.63) is 101 Å². The lowest BCUT2D eigenvalue weighted by Gasteiger charge is -2.32. The van der Waals surface area contributed by atoms with Crippen LogP contribution in [0.15, 0.2) is 78.9 Å². The second-order valence-electron chi connectivity index (χ2n) is 8.78. The second-order valence-corrected chi connectivity index (χ2v) is 9.21. The van der Waals surface area contributed by atoms with Crippen molar-refractivity contribution in [2.75, 3.05) is 6.61 Å². The lowest BCUT2D eigenvalue weighted by Crippen LogP contribution is -2.53. The van der Waals surface area contributed by atoms with E-state index >= 15 is 0 Å². The number of aryl methyl sites for hydroxylation is 1. The van der Waals surface area contributed by atoms with E-state index in [1.807, 2.05) is 75.4 Å². The van der Waals surface area contributed by atoms with Gasteiger partial charge in [0.1, 0.15) is 11.8 Å². The summed E-state index contributed by atoms with van der Waals surface area (Å²) in [6.07, 6.45) is 1.20. The average Bonchev–Trinajstić information content (AvgIpc) is 2.86. The van der Waals surface area contributed by atoms with Crippen molar-refractivity contribution in [3.63, 3.8) is 0 Å². The Morgan fingerprint density at radius 3 is 2.34 bits per heavy atom. The summed E-state index contributed by atoms with van der Waals surface area (Å²) in [5, 5.41) is 3.60. The van der Waals surface area contributed by atoms with Crippen LogP contribution in [0.3, 0.4) is 0 Å². The summed E-state index contributed by atoms with van der Waals surface area (Å²) in [5.74, 6) is 0.0574. The first-order chi connectivity index (χ1) is 16.9. The molecule has 0 heterocycles. The number of benzene rings is 3. The number of ether oxygens (including phenoxy) is 1. The van der Waals surface area contributed by atoms with Crippen LogP contribution in [0, 0.1) is 6.92 Å². The SMILES string of the molecule is CC[C@H](C)NC(=O)[C@H](Cc1ccccc1)N(Cc1ccc(C)cc1)C(=O)COc1cccc(Cl)c1. The number of hydrogen-bond donors (Lipinski definition) is 1. The molecule has 0 fully saturated rings. The van der Waals surface area contributed by atoms with Crippen LogP contribution in [0.2, 0.25) is 5.02 Å². The van der Waals surface area contributed by atoms with Gasteiger partial charge in [-0.1, -0.05) is 84.8 Å². The summed E-state index contributed by atoms with van der Waals surface area (Å²) in [7, 11) is 0. The van der Waals surface area contributed by atoms with Crippen molar-refractivity contribution in [3.8, 4) is 5.75 Å². The molecule has 0 aliphatic carbocycles. The summed E-state index contributed by atoms with van der Waals surface area (Å²) in [6.45, 7) is 6.10. The molecule has 0 unspecified atom stereocenters. The van der Waals surface area contributed by atoms with E-state index in [1.54, 1.807) is 29.2 Å². The van der Waals surface area contributed by atoms with Crippen LogP contribution in [-0.2, 0) is 22.6 Å². The standard InChI is InChI=1S/C29H33ClN2O3/c1-4-22(3)31-29(34)27(17-23-9-6-5-7-10-23)32(19-24-15-13-21(2)14-16-24)28(33)20-35-26-12-8-11-25(30)18-26/h5-16,18,22,27H,4,17,19-20H2,1-3H3,(H,31,34)/t22-,27-/m0/s1. The zero-order valence-corrected chi connectivity index (χ0v) is 21.3. The largest absolute Gasteiger partial charge is 0.484 e. The first-order valence-electron chi connectivity index (χ1n) is 11.9. The van der Waals surface area contributed by atoms with E-state index < -0.39 is 6.04 Å². The number of rotatable bonds is 11. The van der Waals surface area contributed by atoms with E-state index in [2.05, 4.69) is 5.32 Å². The molecule has 0 saturated heterocycles. The number of hydrogen-bond acceptors (Lipinski definition) is 3. The molecular weight excluding hydrogens is 460 g/mol. The van der Waals surface area contributed by atoms with Crippen LogP contribution >= 0.6 is 11.6 Å². The molecule has 5 nitrogen and oxygen atoms in total. The van der Waals surface area contributed by atoms with Crippen molar-refractivity contribution in [2.45, 2.75) is 52.2 Å². The maximum atomic E-state index is 13.6. The molecule has 0 bridgehead atoms. The Morgan fingerprint density at radius 1 is 0.971 bits per heavy atom. The lowest BCUT2D eigenvalue weighted by molar-refractivity contribution is -0.143. The van der Waals surface area contributed by atoms with Crippen LogP contribution in [0.4, 0.5) is 0 Å². The van der Waals surface area contributed by atoms with Gasteiger partial charge in [-0.2, -0.15) is 0 Å². The highest BCUT2D eigenvalue weighted by atomic mass is 35.5. The van der Waals surface area contributed by atoms with Crippen molar-refractivity contribution in [1.82, 2.24) is 10.2 Å². The molecule has 0 radical (unpaired) electrons. The summed E-state index contributed by atoms with van der Waals surface area (Å²) in [5.41, 5.74) is 3.06. The third-order valence-electron chi connectivity index (χ3n) is 5.90. The zero-order valence-electron chi connectivity index (χ0n) is 20.5. The Balaban J connectivity index is 1.90. The average molecular weight is 493 g/mol. The van der Waals surface area contributed by atoms with E-state index in [0.717, 1.165) is 23.1 Å². The van der Waals surface area contributed by atoms with Crippen LogP contribution in [0.25, 0.3) is 0 Å². The number of halogens is 1. The van der Waals surface area contributed by atoms with E-state index in [0.29, 0.717) is 23.7 Å². The van der Waals surface area contributed by atoms with Crippen molar-refractivity contribution >= 4 is 23.4 Å². The molecule has 184 valence electrons. The monoisotopic (exact) mass is 492 g/mol. The van der Waals surface area contributed by atoms with Crippen LogP contribution in [-0.4, -0.2) is 35.4 Å². The number of nitrogens with one attached hydrogen (secondary N) is 1. The number of nitrogens with zero attached hydrogens (tertiary/aromatic N) is 1. The molecular formula is C29H33ClN2O3. The zero-order chi connectivity index (χ0) is 25.2. The predicted octanol–water partition coefficient (Wildman–Crippen LogP) is 5.58. The van der Waals surface area contributed by atoms with Gasteiger partial charge in [-0.25, -0.2) is 0 Å². The highest BCUT2D eigenvalue weighted by molar-refractivity contribution is 6.30. The fraction of sp³-hybridized carbons (Fsp3) is 0.310. The Morgan fingerprint density at radius 2 is 1.69 bits per heavy atom. The van der Waals surface area contributed by atoms with Gasteiger partial charge >= 0.3 is 0 Å². The third-order valence-corrected chi connectivity index (χ3v) is 6.14. The minimum absolute atomic E-state index is 0.000175.